The molecular weight excluding hydrogens is 195 g/mol. The number of hydrogen-bond acceptors (Lipinski definition) is 2. The Balaban J connectivity index is 2.36. The molecule has 0 N–H and O–H groups in total. The quantitative estimate of drug-likeness (QED) is 0.634. The van der Waals surface area contributed by atoms with E-state index in [-0.39, 0.29) is 0 Å². The smallest absolute Gasteiger partial charge is 0.185 e. The molecule has 0 bridgehead atoms. The van der Waals surface area contributed by atoms with E-state index < -0.39 is 0 Å². The molecule has 1 unspecified atom stereocenters. The van der Waals surface area contributed by atoms with Crippen molar-refractivity contribution < 1.29 is 0 Å². The minimum Gasteiger partial charge on any atom is -0.346 e. The maximum Gasteiger partial charge on any atom is 0.185 e. The van der Waals surface area contributed by atoms with Crippen molar-refractivity contribution in [2.24, 2.45) is 5.41 Å². The molecule has 0 saturated carbocycles. The molecule has 2 nitrogen and oxygen atoms in total. The summed E-state index contributed by atoms with van der Waals surface area (Å²) in [6.45, 7) is 13.4. The van der Waals surface area contributed by atoms with Crippen LogP contribution in [-0.4, -0.2) is 50.4 Å². The number of nitrogens with zero attached hydrogens (tertiary/aromatic N) is 2. The summed E-state index contributed by atoms with van der Waals surface area (Å²) in [6, 6.07) is 0. The van der Waals surface area contributed by atoms with Crippen molar-refractivity contribution in [2.75, 3.05) is 32.7 Å². The molecule has 0 aromatic carbocycles. The van der Waals surface area contributed by atoms with Crippen LogP contribution in [0.3, 0.4) is 0 Å². The van der Waals surface area contributed by atoms with Gasteiger partial charge in [0.15, 0.2) is 7.98 Å². The van der Waals surface area contributed by atoms with Crippen LogP contribution in [0.1, 0.15) is 46.5 Å². The zero-order valence-corrected chi connectivity index (χ0v) is 11.8. The van der Waals surface area contributed by atoms with Crippen molar-refractivity contribution in [1.82, 2.24) is 9.71 Å². The predicted octanol–water partition coefficient (Wildman–Crippen LogP) is 1.76. The third-order valence-electron chi connectivity index (χ3n) is 4.19. The van der Waals surface area contributed by atoms with Crippen LogP contribution in [-0.2, 0) is 0 Å². The second kappa shape index (κ2) is 6.66. The molecule has 1 aliphatic rings. The molecule has 0 amide bonds. The van der Waals surface area contributed by atoms with Crippen molar-refractivity contribution in [2.45, 2.75) is 46.5 Å². The second-order valence-corrected chi connectivity index (χ2v) is 5.85. The first kappa shape index (κ1) is 14.0. The summed E-state index contributed by atoms with van der Waals surface area (Å²) in [7, 11) is 2.23. The van der Waals surface area contributed by atoms with Gasteiger partial charge < -0.3 is 9.71 Å². The summed E-state index contributed by atoms with van der Waals surface area (Å²) >= 11 is 0. The fourth-order valence-corrected chi connectivity index (χ4v) is 2.52. The highest BCUT2D eigenvalue weighted by Crippen LogP contribution is 2.29. The lowest BCUT2D eigenvalue weighted by Crippen LogP contribution is -2.48. The normalized spacial score (nSPS) is 23.2. The topological polar surface area (TPSA) is 6.48 Å². The van der Waals surface area contributed by atoms with Crippen LogP contribution in [0.15, 0.2) is 0 Å². The zero-order chi connectivity index (χ0) is 12.0. The van der Waals surface area contributed by atoms with E-state index in [2.05, 4.69) is 38.5 Å². The Morgan fingerprint density at radius 3 is 2.25 bits per heavy atom. The Hall–Kier alpha value is -0.0151. The molecule has 1 rings (SSSR count). The summed E-state index contributed by atoms with van der Waals surface area (Å²) < 4.78 is 0. The van der Waals surface area contributed by atoms with Crippen LogP contribution in [0.25, 0.3) is 0 Å². The van der Waals surface area contributed by atoms with Crippen molar-refractivity contribution in [3.63, 3.8) is 0 Å². The van der Waals surface area contributed by atoms with Gasteiger partial charge in [0.2, 0.25) is 0 Å². The van der Waals surface area contributed by atoms with E-state index >= 15 is 0 Å². The van der Waals surface area contributed by atoms with E-state index in [0.29, 0.717) is 5.41 Å². The average Bonchev–Trinajstić information content (AvgIpc) is 2.30. The van der Waals surface area contributed by atoms with Gasteiger partial charge in [-0.15, -0.1) is 0 Å². The molecule has 1 fully saturated rings. The van der Waals surface area contributed by atoms with Crippen LogP contribution in [0, 0.1) is 5.41 Å². The fraction of sp³-hybridized carbons (Fsp3) is 1.00. The Kier molecular flexibility index (Phi) is 5.84. The highest BCUT2D eigenvalue weighted by Gasteiger charge is 2.26. The molecule has 94 valence electrons. The van der Waals surface area contributed by atoms with E-state index in [0.717, 1.165) is 0 Å². The molecule has 0 spiro atoms. The summed E-state index contributed by atoms with van der Waals surface area (Å²) in [4.78, 5) is 5.10. The van der Waals surface area contributed by atoms with E-state index in [1.165, 1.54) is 58.4 Å². The molecule has 1 atom stereocenters. The van der Waals surface area contributed by atoms with Gasteiger partial charge >= 0.3 is 0 Å². The van der Waals surface area contributed by atoms with E-state index in [1.54, 1.807) is 0 Å². The van der Waals surface area contributed by atoms with Gasteiger partial charge in [0.1, 0.15) is 0 Å². The molecule has 1 saturated heterocycles. The summed E-state index contributed by atoms with van der Waals surface area (Å²) in [6.07, 6.45) is 5.43. The van der Waals surface area contributed by atoms with Crippen LogP contribution >= 0.6 is 0 Å². The molecule has 16 heavy (non-hydrogen) atoms. The van der Waals surface area contributed by atoms with Gasteiger partial charge in [-0.1, -0.05) is 33.6 Å². The summed E-state index contributed by atoms with van der Waals surface area (Å²) in [5.74, 6) is 0. The van der Waals surface area contributed by atoms with E-state index in [1.807, 2.05) is 0 Å². The van der Waals surface area contributed by atoms with Crippen LogP contribution in [0.5, 0.6) is 0 Å². The van der Waals surface area contributed by atoms with E-state index in [4.69, 9.17) is 0 Å². The Morgan fingerprint density at radius 1 is 1.12 bits per heavy atom. The van der Waals surface area contributed by atoms with Crippen molar-refractivity contribution >= 4 is 7.98 Å². The van der Waals surface area contributed by atoms with Gasteiger partial charge in [-0.25, -0.2) is 0 Å². The van der Waals surface area contributed by atoms with Gasteiger partial charge in [-0.2, -0.15) is 0 Å². The molecule has 1 heterocycles. The van der Waals surface area contributed by atoms with Gasteiger partial charge in [0, 0.05) is 19.6 Å². The highest BCUT2D eigenvalue weighted by atomic mass is 15.2. The van der Waals surface area contributed by atoms with Crippen molar-refractivity contribution in [3.05, 3.63) is 0 Å². The lowest BCUT2D eigenvalue weighted by Gasteiger charge is -2.39. The Bertz CT molecular complexity index is 190. The van der Waals surface area contributed by atoms with Gasteiger partial charge in [0.25, 0.3) is 0 Å². The third kappa shape index (κ3) is 4.46. The number of unbranched alkanes of at least 4 members (excludes halogenated alkanes) is 1. The fourth-order valence-electron chi connectivity index (χ4n) is 2.52. The first-order valence-corrected chi connectivity index (χ1v) is 7.00. The van der Waals surface area contributed by atoms with Gasteiger partial charge in [-0.3, -0.25) is 0 Å². The van der Waals surface area contributed by atoms with Gasteiger partial charge in [-0.05, 0) is 31.3 Å². The highest BCUT2D eigenvalue weighted by molar-refractivity contribution is 6.04. The molecule has 0 aromatic rings. The number of rotatable bonds is 6. The van der Waals surface area contributed by atoms with E-state index in [9.17, 15) is 0 Å². The number of piperazine rings is 1. The minimum absolute atomic E-state index is 0.548. The molecule has 1 aliphatic heterocycles. The molecule has 0 aliphatic carbocycles. The third-order valence-corrected chi connectivity index (χ3v) is 4.19. The number of hydrogen-bond donors (Lipinski definition) is 0. The predicted molar refractivity (Wildman–Crippen MR) is 74.5 cm³/mol. The SMILES string of the molecule is BN1CCN(CC(C)(CC)CCCC)CC1. The van der Waals surface area contributed by atoms with Gasteiger partial charge in [0.05, 0.1) is 0 Å². The standard InChI is InChI=1S/C13H29BN2/c1-4-6-7-13(3,5-2)12-15-8-10-16(14)11-9-15/h4-12,14H2,1-3H3. The average molecular weight is 224 g/mol. The minimum atomic E-state index is 0.548. The van der Waals surface area contributed by atoms with Crippen LogP contribution in [0.4, 0.5) is 0 Å². The van der Waals surface area contributed by atoms with Crippen LogP contribution < -0.4 is 0 Å². The van der Waals surface area contributed by atoms with Crippen molar-refractivity contribution in [1.29, 1.82) is 0 Å². The zero-order valence-electron chi connectivity index (χ0n) is 11.8. The lowest BCUT2D eigenvalue weighted by molar-refractivity contribution is 0.113. The molecule has 0 aromatic heterocycles. The second-order valence-electron chi connectivity index (χ2n) is 5.85. The molecule has 3 heteroatoms. The van der Waals surface area contributed by atoms with Crippen molar-refractivity contribution in [3.8, 4) is 0 Å². The first-order chi connectivity index (χ1) is 7.59. The van der Waals surface area contributed by atoms with Crippen LogP contribution in [0.2, 0.25) is 0 Å². The first-order valence-electron chi connectivity index (χ1n) is 7.00. The maximum absolute atomic E-state index is 2.67. The largest absolute Gasteiger partial charge is 0.346 e. The lowest BCUT2D eigenvalue weighted by atomic mass is 9.81. The maximum atomic E-state index is 2.67. The Morgan fingerprint density at radius 2 is 1.75 bits per heavy atom. The summed E-state index contributed by atoms with van der Waals surface area (Å²) in [5, 5.41) is 0. The summed E-state index contributed by atoms with van der Waals surface area (Å²) in [5.41, 5.74) is 0.548. The molecule has 0 radical (unpaired) electrons. The molecular formula is C13H29BN2. The Labute approximate surface area is 103 Å². The monoisotopic (exact) mass is 224 g/mol.